The number of hydrogen-bond donors (Lipinski definition) is 0. The zero-order chi connectivity index (χ0) is 44.6. The first kappa shape index (κ1) is 40.8. The molecule has 318 valence electrons. The molecule has 0 amide bonds. The molecule has 2 nitrogen and oxygen atoms in total. The molecule has 2 heteroatoms. The van der Waals surface area contributed by atoms with Gasteiger partial charge >= 0.3 is 0 Å². The van der Waals surface area contributed by atoms with Gasteiger partial charge in [-0.3, -0.25) is 0 Å². The topological polar surface area (TPSA) is 6.48 Å². The van der Waals surface area contributed by atoms with E-state index < -0.39 is 0 Å². The highest BCUT2D eigenvalue weighted by Crippen LogP contribution is 2.54. The van der Waals surface area contributed by atoms with Crippen LogP contribution in [0.2, 0.25) is 0 Å². The molecule has 2 aliphatic carbocycles. The third-order valence-corrected chi connectivity index (χ3v) is 13.8. The van der Waals surface area contributed by atoms with Gasteiger partial charge in [-0.25, -0.2) is 0 Å². The van der Waals surface area contributed by atoms with Gasteiger partial charge in [-0.05, 0) is 134 Å². The van der Waals surface area contributed by atoms with Crippen molar-refractivity contribution in [1.82, 2.24) is 0 Å². The maximum atomic E-state index is 2.49. The number of nitrogens with zero attached hydrogens (tertiary/aromatic N) is 2. The second-order valence-electron chi connectivity index (χ2n) is 18.2. The van der Waals surface area contributed by atoms with Gasteiger partial charge < -0.3 is 9.80 Å². The number of fused-ring (bicyclic) bond motifs is 3. The van der Waals surface area contributed by atoms with Gasteiger partial charge in [-0.2, -0.15) is 0 Å². The minimum atomic E-state index is -0.189. The van der Waals surface area contributed by atoms with E-state index in [1.54, 1.807) is 0 Å². The summed E-state index contributed by atoms with van der Waals surface area (Å²) in [5.74, 6) is 0.658. The van der Waals surface area contributed by atoms with E-state index in [0.29, 0.717) is 5.92 Å². The van der Waals surface area contributed by atoms with E-state index in [1.807, 2.05) is 0 Å². The molecular weight excluding hydrogens is 797 g/mol. The summed E-state index contributed by atoms with van der Waals surface area (Å²) in [6, 6.07) is 84.4. The third kappa shape index (κ3) is 7.45. The summed E-state index contributed by atoms with van der Waals surface area (Å²) in [5.41, 5.74) is 20.4. The van der Waals surface area contributed by atoms with E-state index in [2.05, 4.69) is 279 Å². The largest absolute Gasteiger partial charge is 0.311 e. The Morgan fingerprint density at radius 3 is 1.45 bits per heavy atom. The summed E-state index contributed by atoms with van der Waals surface area (Å²) in [6.07, 6.45) is 6.87. The Bertz CT molecular complexity index is 3150. The van der Waals surface area contributed by atoms with Crippen molar-refractivity contribution >= 4 is 39.7 Å². The summed E-state index contributed by atoms with van der Waals surface area (Å²) >= 11 is 0. The smallest absolute Gasteiger partial charge is 0.0543 e. The number of para-hydroxylation sites is 2. The Morgan fingerprint density at radius 2 is 0.848 bits per heavy atom. The molecule has 0 N–H and O–H groups in total. The maximum Gasteiger partial charge on any atom is 0.0543 e. The minimum Gasteiger partial charge on any atom is -0.311 e. The van der Waals surface area contributed by atoms with Gasteiger partial charge in [0.1, 0.15) is 0 Å². The fourth-order valence-corrected chi connectivity index (χ4v) is 10.5. The molecule has 0 bridgehead atoms. The van der Waals surface area contributed by atoms with Crippen LogP contribution in [0.3, 0.4) is 0 Å². The molecule has 0 saturated carbocycles. The molecule has 0 aromatic heterocycles. The molecule has 9 aromatic rings. The lowest BCUT2D eigenvalue weighted by atomic mass is 9.76. The minimum absolute atomic E-state index is 0.189. The average molecular weight is 849 g/mol. The van der Waals surface area contributed by atoms with Crippen LogP contribution in [-0.2, 0) is 5.41 Å². The normalized spacial score (nSPS) is 15.7. The Kier molecular flexibility index (Phi) is 10.6. The summed E-state index contributed by atoms with van der Waals surface area (Å²) in [4.78, 5) is 4.81. The van der Waals surface area contributed by atoms with Crippen LogP contribution in [0.25, 0.3) is 39.0 Å². The van der Waals surface area contributed by atoms with Crippen LogP contribution >= 0.6 is 0 Å². The number of rotatable bonds is 10. The SMILES string of the molecule is CC1C=CC=C(c2ccc(N(c3ccc(-c4ccccc4)cc3)c3cc4c(cc3-c3ccc(N(c5ccccc5)c5ccccc5)cc3)-c3ccccc3C4(C)C)cc2)C1c1ccccc1. The summed E-state index contributed by atoms with van der Waals surface area (Å²) in [5, 5.41) is 0. The molecule has 11 rings (SSSR count). The lowest BCUT2D eigenvalue weighted by Crippen LogP contribution is -2.17. The Balaban J connectivity index is 1.09. The molecule has 2 unspecified atom stereocenters. The number of allylic oxidation sites excluding steroid dienone is 4. The van der Waals surface area contributed by atoms with Crippen molar-refractivity contribution in [3.63, 3.8) is 0 Å². The van der Waals surface area contributed by atoms with Crippen LogP contribution in [0.1, 0.15) is 48.9 Å². The maximum absolute atomic E-state index is 2.49. The molecular formula is C64H52N2. The van der Waals surface area contributed by atoms with Crippen LogP contribution < -0.4 is 9.80 Å². The van der Waals surface area contributed by atoms with Gasteiger partial charge in [0.15, 0.2) is 0 Å². The molecule has 0 radical (unpaired) electrons. The van der Waals surface area contributed by atoms with Gasteiger partial charge in [0, 0.05) is 45.3 Å². The van der Waals surface area contributed by atoms with E-state index >= 15 is 0 Å². The summed E-state index contributed by atoms with van der Waals surface area (Å²) in [6.45, 7) is 7.09. The van der Waals surface area contributed by atoms with E-state index in [-0.39, 0.29) is 11.3 Å². The van der Waals surface area contributed by atoms with Crippen molar-refractivity contribution in [2.75, 3.05) is 9.80 Å². The van der Waals surface area contributed by atoms with Gasteiger partial charge in [-0.1, -0.05) is 197 Å². The quantitative estimate of drug-likeness (QED) is 0.135. The van der Waals surface area contributed by atoms with Crippen molar-refractivity contribution in [1.29, 1.82) is 0 Å². The van der Waals surface area contributed by atoms with Crippen molar-refractivity contribution in [3.8, 4) is 33.4 Å². The number of anilines is 6. The second-order valence-corrected chi connectivity index (χ2v) is 18.2. The molecule has 66 heavy (non-hydrogen) atoms. The molecule has 2 aliphatic rings. The fraction of sp³-hybridized carbons (Fsp3) is 0.0938. The van der Waals surface area contributed by atoms with Crippen LogP contribution in [0, 0.1) is 5.92 Å². The summed E-state index contributed by atoms with van der Waals surface area (Å²) in [7, 11) is 0. The van der Waals surface area contributed by atoms with Crippen LogP contribution in [-0.4, -0.2) is 0 Å². The van der Waals surface area contributed by atoms with Crippen molar-refractivity contribution in [2.24, 2.45) is 5.92 Å². The Hall–Kier alpha value is -7.94. The average Bonchev–Trinajstić information content (AvgIpc) is 3.60. The zero-order valence-electron chi connectivity index (χ0n) is 37.7. The molecule has 0 saturated heterocycles. The van der Waals surface area contributed by atoms with Gasteiger partial charge in [-0.15, -0.1) is 0 Å². The molecule has 2 atom stereocenters. The highest BCUT2D eigenvalue weighted by Gasteiger charge is 2.37. The first-order valence-corrected chi connectivity index (χ1v) is 23.2. The van der Waals surface area contributed by atoms with Crippen molar-refractivity contribution in [2.45, 2.75) is 32.1 Å². The monoisotopic (exact) mass is 848 g/mol. The van der Waals surface area contributed by atoms with Gasteiger partial charge in [0.2, 0.25) is 0 Å². The lowest BCUT2D eigenvalue weighted by molar-refractivity contribution is 0.649. The first-order chi connectivity index (χ1) is 32.4. The fourth-order valence-electron chi connectivity index (χ4n) is 10.5. The van der Waals surface area contributed by atoms with Crippen LogP contribution in [0.4, 0.5) is 34.1 Å². The Labute approximate surface area is 390 Å². The van der Waals surface area contributed by atoms with Crippen molar-refractivity contribution < 1.29 is 0 Å². The standard InChI is InChI=1S/C64H52N2/c1-45-19-18-29-56(63(45)50-22-10-5-11-23-50)48-33-41-55(42-34-48)66(54-37-31-47(32-38-54)46-20-8-4-9-21-46)62-44-61-59(57-28-16-17-30-60(57)64(61,2)3)43-58(62)49-35-39-53(40-36-49)65(51-24-12-6-13-25-51)52-26-14-7-15-27-52/h4-45,63H,1-3H3. The molecule has 0 heterocycles. The predicted molar refractivity (Wildman–Crippen MR) is 280 cm³/mol. The van der Waals surface area contributed by atoms with Crippen LogP contribution in [0.5, 0.6) is 0 Å². The van der Waals surface area contributed by atoms with Crippen molar-refractivity contribution in [3.05, 3.63) is 271 Å². The van der Waals surface area contributed by atoms with E-state index in [9.17, 15) is 0 Å². The van der Waals surface area contributed by atoms with E-state index in [4.69, 9.17) is 0 Å². The van der Waals surface area contributed by atoms with Gasteiger partial charge in [0.05, 0.1) is 5.69 Å². The molecule has 9 aromatic carbocycles. The highest BCUT2D eigenvalue weighted by molar-refractivity contribution is 5.95. The molecule has 0 aliphatic heterocycles. The van der Waals surface area contributed by atoms with E-state index in [1.165, 1.54) is 55.6 Å². The Morgan fingerprint density at radius 1 is 0.379 bits per heavy atom. The van der Waals surface area contributed by atoms with E-state index in [0.717, 1.165) is 39.7 Å². The zero-order valence-corrected chi connectivity index (χ0v) is 37.7. The number of hydrogen-bond acceptors (Lipinski definition) is 2. The predicted octanol–water partition coefficient (Wildman–Crippen LogP) is 17.6. The first-order valence-electron chi connectivity index (χ1n) is 23.2. The lowest BCUT2D eigenvalue weighted by Gasteiger charge is -2.31. The third-order valence-electron chi connectivity index (χ3n) is 13.8. The second kappa shape index (κ2) is 17.2. The summed E-state index contributed by atoms with van der Waals surface area (Å²) < 4.78 is 0. The van der Waals surface area contributed by atoms with Crippen LogP contribution in [0.15, 0.2) is 249 Å². The molecule has 0 spiro atoms. The number of benzene rings is 9. The highest BCUT2D eigenvalue weighted by atomic mass is 15.1. The van der Waals surface area contributed by atoms with Gasteiger partial charge in [0.25, 0.3) is 0 Å². The molecule has 0 fully saturated rings.